The van der Waals surface area contributed by atoms with Crippen LogP contribution in [0.25, 0.3) is 0 Å². The Morgan fingerprint density at radius 2 is 1.57 bits per heavy atom. The molecule has 1 unspecified atom stereocenters. The molecule has 0 spiro atoms. The van der Waals surface area contributed by atoms with Crippen LogP contribution in [0.15, 0.2) is 78.9 Å². The first-order valence-electron chi connectivity index (χ1n) is 13.0. The largest absolute Gasteiger partial charge is 0.352 e. The van der Waals surface area contributed by atoms with E-state index in [1.165, 1.54) is 17.7 Å². The van der Waals surface area contributed by atoms with Crippen molar-refractivity contribution in [2.24, 2.45) is 0 Å². The van der Waals surface area contributed by atoms with Gasteiger partial charge in [-0.2, -0.15) is 0 Å². The molecule has 4 nitrogen and oxygen atoms in total. The molecule has 1 aliphatic rings. The van der Waals surface area contributed by atoms with Crippen molar-refractivity contribution in [2.75, 3.05) is 5.75 Å². The van der Waals surface area contributed by atoms with Crippen molar-refractivity contribution < 1.29 is 14.0 Å². The Balaban J connectivity index is 1.55. The van der Waals surface area contributed by atoms with E-state index in [0.29, 0.717) is 12.2 Å². The number of rotatable bonds is 11. The highest BCUT2D eigenvalue weighted by atomic mass is 32.2. The summed E-state index contributed by atoms with van der Waals surface area (Å²) in [5, 5.41) is 3.22. The van der Waals surface area contributed by atoms with Gasteiger partial charge in [0.05, 0.1) is 5.75 Å². The molecule has 194 valence electrons. The lowest BCUT2D eigenvalue weighted by Gasteiger charge is -2.32. The van der Waals surface area contributed by atoms with E-state index in [9.17, 15) is 14.0 Å². The lowest BCUT2D eigenvalue weighted by atomic mass is 10.0. The zero-order chi connectivity index (χ0) is 26.0. The molecule has 3 aromatic carbocycles. The van der Waals surface area contributed by atoms with Crippen LogP contribution in [0.2, 0.25) is 0 Å². The summed E-state index contributed by atoms with van der Waals surface area (Å²) >= 11 is 1.55. The highest BCUT2D eigenvalue weighted by Gasteiger charge is 2.32. The van der Waals surface area contributed by atoms with Crippen molar-refractivity contribution in [3.05, 3.63) is 107 Å². The maximum absolute atomic E-state index is 13.7. The van der Waals surface area contributed by atoms with Crippen molar-refractivity contribution >= 4 is 23.6 Å². The summed E-state index contributed by atoms with van der Waals surface area (Å²) < 4.78 is 13.6. The zero-order valence-electron chi connectivity index (χ0n) is 21.4. The Hall–Kier alpha value is -3.12. The van der Waals surface area contributed by atoms with Crippen LogP contribution in [0.5, 0.6) is 0 Å². The number of benzene rings is 3. The van der Waals surface area contributed by atoms with Gasteiger partial charge in [0.15, 0.2) is 0 Å². The van der Waals surface area contributed by atoms with E-state index < -0.39 is 6.04 Å². The fraction of sp³-hybridized carbons (Fsp3) is 0.355. The van der Waals surface area contributed by atoms with Gasteiger partial charge in [-0.15, -0.1) is 11.8 Å². The first kappa shape index (κ1) is 26.9. The van der Waals surface area contributed by atoms with E-state index in [1.54, 1.807) is 28.8 Å². The third kappa shape index (κ3) is 8.19. The van der Waals surface area contributed by atoms with Crippen LogP contribution in [0, 0.1) is 12.7 Å². The summed E-state index contributed by atoms with van der Waals surface area (Å²) in [5.41, 5.74) is 4.16. The summed E-state index contributed by atoms with van der Waals surface area (Å²) in [4.78, 5) is 29.0. The number of carbonyl (C=O) groups is 2. The van der Waals surface area contributed by atoms with Gasteiger partial charge in [0.25, 0.3) is 0 Å². The van der Waals surface area contributed by atoms with Crippen LogP contribution in [-0.4, -0.2) is 34.6 Å². The number of aryl methyl sites for hydroxylation is 1. The molecule has 1 aliphatic carbocycles. The highest BCUT2D eigenvalue weighted by molar-refractivity contribution is 7.99. The molecular weight excluding hydrogens is 483 g/mol. The molecule has 6 heteroatoms. The number of hydrogen-bond acceptors (Lipinski definition) is 3. The summed E-state index contributed by atoms with van der Waals surface area (Å²) in [6.45, 7) is 2.30. The average molecular weight is 519 g/mol. The van der Waals surface area contributed by atoms with Gasteiger partial charge >= 0.3 is 0 Å². The first-order valence-corrected chi connectivity index (χ1v) is 14.1. The van der Waals surface area contributed by atoms with Crippen molar-refractivity contribution in [2.45, 2.75) is 63.4 Å². The Morgan fingerprint density at radius 3 is 2.24 bits per heavy atom. The molecule has 1 N–H and O–H groups in total. The monoisotopic (exact) mass is 518 g/mol. The molecular formula is C31H35FN2O2S. The van der Waals surface area contributed by atoms with Gasteiger partial charge in [0, 0.05) is 24.8 Å². The van der Waals surface area contributed by atoms with Gasteiger partial charge in [-0.3, -0.25) is 9.59 Å². The molecule has 4 rings (SSSR count). The second kappa shape index (κ2) is 13.4. The fourth-order valence-corrected chi connectivity index (χ4v) is 5.60. The number of nitrogens with one attached hydrogen (secondary N) is 1. The summed E-state index contributed by atoms with van der Waals surface area (Å²) in [6.07, 6.45) is 4.60. The number of halogens is 1. The quantitative estimate of drug-likeness (QED) is 0.335. The SMILES string of the molecule is Cc1ccc(CSCC(=O)N(Cc2ccc(F)cc2)C(Cc2ccccc2)C(=O)NC2CCCC2)cc1. The van der Waals surface area contributed by atoms with E-state index in [0.717, 1.165) is 42.4 Å². The van der Waals surface area contributed by atoms with Crippen molar-refractivity contribution in [3.63, 3.8) is 0 Å². The maximum Gasteiger partial charge on any atom is 0.243 e. The normalized spacial score (nSPS) is 14.3. The molecule has 0 heterocycles. The molecule has 1 fully saturated rings. The second-order valence-corrected chi connectivity index (χ2v) is 10.8. The molecule has 0 aromatic heterocycles. The molecule has 0 bridgehead atoms. The third-order valence-corrected chi connectivity index (χ3v) is 7.84. The molecule has 2 amide bonds. The number of thioether (sulfide) groups is 1. The summed E-state index contributed by atoms with van der Waals surface area (Å²) in [6, 6.07) is 23.8. The van der Waals surface area contributed by atoms with Crippen LogP contribution in [0.1, 0.15) is 47.9 Å². The summed E-state index contributed by atoms with van der Waals surface area (Å²) in [5.74, 6) is 0.444. The highest BCUT2D eigenvalue weighted by Crippen LogP contribution is 2.21. The van der Waals surface area contributed by atoms with Crippen LogP contribution < -0.4 is 5.32 Å². The third-order valence-electron chi connectivity index (χ3n) is 6.85. The molecule has 1 atom stereocenters. The van der Waals surface area contributed by atoms with E-state index in [-0.39, 0.29) is 36.0 Å². The van der Waals surface area contributed by atoms with Crippen molar-refractivity contribution in [3.8, 4) is 0 Å². The van der Waals surface area contributed by atoms with E-state index >= 15 is 0 Å². The van der Waals surface area contributed by atoms with Crippen molar-refractivity contribution in [1.82, 2.24) is 10.2 Å². The number of nitrogens with zero attached hydrogens (tertiary/aromatic N) is 1. The molecule has 0 radical (unpaired) electrons. The second-order valence-electron chi connectivity index (χ2n) is 9.82. The van der Waals surface area contributed by atoms with E-state index in [2.05, 4.69) is 36.5 Å². The first-order chi connectivity index (χ1) is 18.0. The van der Waals surface area contributed by atoms with Crippen LogP contribution in [0.3, 0.4) is 0 Å². The Labute approximate surface area is 223 Å². The van der Waals surface area contributed by atoms with Crippen LogP contribution in [0.4, 0.5) is 4.39 Å². The number of carbonyl (C=O) groups excluding carboxylic acids is 2. The van der Waals surface area contributed by atoms with Crippen LogP contribution >= 0.6 is 11.8 Å². The van der Waals surface area contributed by atoms with E-state index in [4.69, 9.17) is 0 Å². The van der Waals surface area contributed by atoms with Gasteiger partial charge in [-0.25, -0.2) is 4.39 Å². The molecule has 0 aliphatic heterocycles. The molecule has 0 saturated heterocycles. The van der Waals surface area contributed by atoms with Gasteiger partial charge in [-0.1, -0.05) is 85.1 Å². The fourth-order valence-electron chi connectivity index (χ4n) is 4.73. The smallest absolute Gasteiger partial charge is 0.243 e. The van der Waals surface area contributed by atoms with Gasteiger partial charge in [-0.05, 0) is 48.6 Å². The predicted molar refractivity (Wildman–Crippen MR) is 149 cm³/mol. The maximum atomic E-state index is 13.7. The minimum Gasteiger partial charge on any atom is -0.352 e. The standard InChI is InChI=1S/C31H35FN2O2S/c1-23-11-13-26(14-12-23)21-37-22-30(35)34(20-25-15-17-27(32)18-16-25)29(19-24-7-3-2-4-8-24)31(36)33-28-9-5-6-10-28/h2-4,7-8,11-18,28-29H,5-6,9-10,19-22H2,1H3,(H,33,36). The Kier molecular flexibility index (Phi) is 9.78. The molecule has 1 saturated carbocycles. The van der Waals surface area contributed by atoms with Gasteiger partial charge < -0.3 is 10.2 Å². The summed E-state index contributed by atoms with van der Waals surface area (Å²) in [7, 11) is 0. The minimum absolute atomic E-state index is 0.0936. The predicted octanol–water partition coefficient (Wildman–Crippen LogP) is 6.07. The topological polar surface area (TPSA) is 49.4 Å². The lowest BCUT2D eigenvalue weighted by molar-refractivity contribution is -0.139. The molecule has 3 aromatic rings. The van der Waals surface area contributed by atoms with Gasteiger partial charge in [0.2, 0.25) is 11.8 Å². The van der Waals surface area contributed by atoms with E-state index in [1.807, 2.05) is 30.3 Å². The average Bonchev–Trinajstić information content (AvgIpc) is 3.42. The minimum atomic E-state index is -0.652. The lowest BCUT2D eigenvalue weighted by Crippen LogP contribution is -2.52. The Bertz CT molecular complexity index is 1150. The van der Waals surface area contributed by atoms with Gasteiger partial charge in [0.1, 0.15) is 11.9 Å². The number of amides is 2. The molecule has 37 heavy (non-hydrogen) atoms. The Morgan fingerprint density at radius 1 is 0.919 bits per heavy atom. The van der Waals surface area contributed by atoms with Crippen LogP contribution in [-0.2, 0) is 28.3 Å². The zero-order valence-corrected chi connectivity index (χ0v) is 22.2. The number of hydrogen-bond donors (Lipinski definition) is 1. The van der Waals surface area contributed by atoms with Crippen molar-refractivity contribution in [1.29, 1.82) is 0 Å².